The Labute approximate surface area is 325 Å². The third kappa shape index (κ3) is 25.6. The molecule has 0 saturated heterocycles. The van der Waals surface area contributed by atoms with Crippen molar-refractivity contribution >= 4 is 11.9 Å². The van der Waals surface area contributed by atoms with Gasteiger partial charge in [0, 0.05) is 0 Å². The zero-order valence-electron chi connectivity index (χ0n) is 32.6. The highest BCUT2D eigenvalue weighted by Gasteiger charge is 2.28. The summed E-state index contributed by atoms with van der Waals surface area (Å²) in [7, 11) is 0. The van der Waals surface area contributed by atoms with Crippen LogP contribution in [0.4, 0.5) is 22.0 Å². The molecule has 1 atom stereocenters. The fraction of sp³-hybridized carbons (Fsp3) is 0.784. The van der Waals surface area contributed by atoms with Gasteiger partial charge in [-0.2, -0.15) is 8.78 Å². The van der Waals surface area contributed by atoms with Crippen LogP contribution >= 0.6 is 0 Å². The van der Waals surface area contributed by atoms with Crippen molar-refractivity contribution in [3.63, 3.8) is 0 Å². The lowest BCUT2D eigenvalue weighted by atomic mass is 10.00. The van der Waals surface area contributed by atoms with E-state index in [0.717, 1.165) is 25.7 Å². The number of carbonyl (C=O) groups excluding carboxylic acids is 2. The zero-order valence-corrected chi connectivity index (χ0v) is 32.6. The van der Waals surface area contributed by atoms with Crippen LogP contribution in [0.3, 0.4) is 0 Å². The van der Waals surface area contributed by atoms with Crippen LogP contribution < -0.4 is 4.74 Å². The number of rotatable bonds is 39. The van der Waals surface area contributed by atoms with Crippen molar-refractivity contribution in [2.45, 2.75) is 46.0 Å². The van der Waals surface area contributed by atoms with Crippen LogP contribution in [0.15, 0.2) is 0 Å². The lowest BCUT2D eigenvalue weighted by Crippen LogP contribution is -2.20. The number of carbonyl (C=O) groups is 2. The normalized spacial score (nSPS) is 12.0. The molecule has 0 saturated carbocycles. The zero-order chi connectivity index (χ0) is 41.1. The van der Waals surface area contributed by atoms with Crippen LogP contribution in [0.5, 0.6) is 5.75 Å². The van der Waals surface area contributed by atoms with Gasteiger partial charge in [-0.3, -0.25) is 9.59 Å². The Morgan fingerprint density at radius 1 is 0.446 bits per heavy atom. The quantitative estimate of drug-likeness (QED) is 0.0228. The Kier molecular flexibility index (Phi) is 32.7. The van der Waals surface area contributed by atoms with Gasteiger partial charge >= 0.3 is 11.9 Å². The van der Waals surface area contributed by atoms with Crippen LogP contribution in [0.1, 0.15) is 46.0 Å². The number of esters is 2. The third-order valence-electron chi connectivity index (χ3n) is 7.39. The molecule has 56 heavy (non-hydrogen) atoms. The monoisotopic (exact) mass is 822 g/mol. The summed E-state index contributed by atoms with van der Waals surface area (Å²) in [6.07, 6.45) is 3.26. The van der Waals surface area contributed by atoms with Crippen LogP contribution in [-0.2, 0) is 61.7 Å². The van der Waals surface area contributed by atoms with Crippen molar-refractivity contribution < 1.29 is 88.4 Å². The lowest BCUT2D eigenvalue weighted by Gasteiger charge is -2.13. The van der Waals surface area contributed by atoms with Crippen molar-refractivity contribution in [3.05, 3.63) is 29.1 Å². The smallest absolute Gasteiger partial charge is 0.313 e. The molecule has 0 N–H and O–H groups in total. The second kappa shape index (κ2) is 35.6. The van der Waals surface area contributed by atoms with Crippen LogP contribution in [0.2, 0.25) is 0 Å². The Balaban J connectivity index is 1.74. The summed E-state index contributed by atoms with van der Waals surface area (Å²) in [6, 6.07) is 0. The minimum absolute atomic E-state index is 0.0273. The summed E-state index contributed by atoms with van der Waals surface area (Å²) in [6.45, 7) is 11.2. The molecule has 0 aromatic heterocycles. The van der Waals surface area contributed by atoms with Crippen molar-refractivity contribution in [3.8, 4) is 5.75 Å². The highest BCUT2D eigenvalue weighted by Crippen LogP contribution is 2.29. The average Bonchev–Trinajstić information content (AvgIpc) is 3.20. The summed E-state index contributed by atoms with van der Waals surface area (Å²) in [5, 5.41) is 0. The van der Waals surface area contributed by atoms with E-state index in [0.29, 0.717) is 106 Å². The summed E-state index contributed by atoms with van der Waals surface area (Å²) >= 11 is 0. The molecular formula is C37H59F5O14. The molecule has 1 aromatic rings. The van der Waals surface area contributed by atoms with Gasteiger partial charge in [-0.05, 0) is 12.8 Å². The highest BCUT2D eigenvalue weighted by atomic mass is 19.2. The Morgan fingerprint density at radius 2 is 0.750 bits per heavy atom. The first kappa shape index (κ1) is 51.4. The second-order valence-electron chi connectivity index (χ2n) is 11.7. The largest absolute Gasteiger partial charge is 0.463 e. The maximum atomic E-state index is 13.6. The molecule has 0 spiro atoms. The molecule has 0 amide bonds. The minimum Gasteiger partial charge on any atom is -0.463 e. The van der Waals surface area contributed by atoms with Crippen LogP contribution in [-0.4, -0.2) is 151 Å². The van der Waals surface area contributed by atoms with Gasteiger partial charge in [-0.25, -0.2) is 13.2 Å². The topological polar surface area (TPSA) is 145 Å². The summed E-state index contributed by atoms with van der Waals surface area (Å²) in [4.78, 5) is 23.7. The molecule has 326 valence electrons. The lowest BCUT2D eigenvalue weighted by molar-refractivity contribution is -0.150. The fourth-order valence-electron chi connectivity index (χ4n) is 4.33. The van der Waals surface area contributed by atoms with Gasteiger partial charge in [0.1, 0.15) is 6.61 Å². The van der Waals surface area contributed by atoms with Gasteiger partial charge in [0.2, 0.25) is 34.8 Å². The van der Waals surface area contributed by atoms with Crippen molar-refractivity contribution in [1.82, 2.24) is 0 Å². The highest BCUT2D eigenvalue weighted by molar-refractivity contribution is 5.72. The maximum absolute atomic E-state index is 13.6. The molecule has 1 unspecified atom stereocenters. The van der Waals surface area contributed by atoms with Gasteiger partial charge in [0.15, 0.2) is 0 Å². The van der Waals surface area contributed by atoms with E-state index < -0.39 is 47.2 Å². The molecular weight excluding hydrogens is 763 g/mol. The first-order chi connectivity index (χ1) is 27.2. The summed E-state index contributed by atoms with van der Waals surface area (Å²) < 4.78 is 130. The number of benzene rings is 1. The maximum Gasteiger partial charge on any atom is 0.313 e. The van der Waals surface area contributed by atoms with Gasteiger partial charge in [-0.1, -0.05) is 26.7 Å². The molecule has 0 radical (unpaired) electrons. The Bertz CT molecular complexity index is 1120. The Hall–Kier alpha value is -2.59. The van der Waals surface area contributed by atoms with E-state index in [-0.39, 0.29) is 44.9 Å². The minimum atomic E-state index is -2.35. The van der Waals surface area contributed by atoms with E-state index in [1.54, 1.807) is 0 Å². The van der Waals surface area contributed by atoms with Gasteiger partial charge < -0.3 is 56.8 Å². The molecule has 19 heteroatoms. The molecule has 0 aliphatic heterocycles. The van der Waals surface area contributed by atoms with Crippen LogP contribution in [0, 0.1) is 35.0 Å². The number of ether oxygens (including phenoxy) is 12. The molecule has 1 rings (SSSR count). The van der Waals surface area contributed by atoms with Crippen molar-refractivity contribution in [1.29, 1.82) is 0 Å². The average molecular weight is 823 g/mol. The molecule has 0 bridgehead atoms. The van der Waals surface area contributed by atoms with E-state index in [9.17, 15) is 31.5 Å². The molecule has 0 fully saturated rings. The predicted octanol–water partition coefficient (Wildman–Crippen LogP) is 4.60. The van der Waals surface area contributed by atoms with Crippen molar-refractivity contribution in [2.24, 2.45) is 5.92 Å². The van der Waals surface area contributed by atoms with E-state index in [1.165, 1.54) is 0 Å². The van der Waals surface area contributed by atoms with Crippen LogP contribution in [0.25, 0.3) is 0 Å². The summed E-state index contributed by atoms with van der Waals surface area (Å²) in [5.41, 5.74) is 0. The standard InChI is InChI=1S/C37H59F5O14/c1-3-5-6-29(4-2)37(44)55-28-27-54-26-25-53-24-23-52-22-21-51-20-19-50-18-17-49-16-15-48-14-13-47-12-11-46-10-9-45-8-7-30(43)56-36-34(41)32(39)31(38)33(40)35(36)42/h29H,3-28H2,1-2H3. The van der Waals surface area contributed by atoms with Gasteiger partial charge in [0.25, 0.3) is 0 Å². The second-order valence-corrected chi connectivity index (χ2v) is 11.7. The molecule has 0 aliphatic carbocycles. The number of hydrogen-bond acceptors (Lipinski definition) is 14. The van der Waals surface area contributed by atoms with Crippen molar-refractivity contribution in [2.75, 3.05) is 139 Å². The fourth-order valence-corrected chi connectivity index (χ4v) is 4.33. The predicted molar refractivity (Wildman–Crippen MR) is 189 cm³/mol. The number of hydrogen-bond donors (Lipinski definition) is 0. The number of unbranched alkanes of at least 4 members (excludes halogenated alkanes) is 1. The van der Waals surface area contributed by atoms with Gasteiger partial charge in [0.05, 0.1) is 144 Å². The Morgan fingerprint density at radius 3 is 1.07 bits per heavy atom. The van der Waals surface area contributed by atoms with E-state index >= 15 is 0 Å². The van der Waals surface area contributed by atoms with E-state index in [4.69, 9.17) is 52.1 Å². The van der Waals surface area contributed by atoms with E-state index in [2.05, 4.69) is 11.7 Å². The van der Waals surface area contributed by atoms with Gasteiger partial charge in [-0.15, -0.1) is 0 Å². The SMILES string of the molecule is CCCCC(CC)C(=O)OCCOCCOCCOCCOCCOCCOCCOCCOCCOCCOCCC(=O)Oc1c(F)c(F)c(F)c(F)c1F. The van der Waals surface area contributed by atoms with E-state index in [1.807, 2.05) is 6.92 Å². The first-order valence-electron chi connectivity index (χ1n) is 18.9. The summed E-state index contributed by atoms with van der Waals surface area (Å²) in [5.74, 6) is -14.3. The third-order valence-corrected chi connectivity index (χ3v) is 7.39. The molecule has 0 aliphatic rings. The first-order valence-corrected chi connectivity index (χ1v) is 18.9. The number of halogens is 5. The molecule has 0 heterocycles. The molecule has 14 nitrogen and oxygen atoms in total. The molecule has 1 aromatic carbocycles.